The van der Waals surface area contributed by atoms with E-state index in [1.807, 2.05) is 0 Å². The molecule has 0 aliphatic heterocycles. The molecule has 14 heavy (non-hydrogen) atoms. The Morgan fingerprint density at radius 2 is 2.14 bits per heavy atom. The van der Waals surface area contributed by atoms with Gasteiger partial charge >= 0.3 is 12.1 Å². The van der Waals surface area contributed by atoms with Gasteiger partial charge in [0.1, 0.15) is 13.2 Å². The number of rotatable bonds is 6. The Hall–Kier alpha value is -1.56. The van der Waals surface area contributed by atoms with E-state index in [4.69, 9.17) is 10.2 Å². The van der Waals surface area contributed by atoms with Crippen molar-refractivity contribution in [3.05, 3.63) is 12.7 Å². The maximum absolute atomic E-state index is 11.1. The van der Waals surface area contributed by atoms with Gasteiger partial charge in [0, 0.05) is 6.54 Å². The van der Waals surface area contributed by atoms with Gasteiger partial charge in [-0.25, -0.2) is 4.79 Å². The van der Waals surface area contributed by atoms with Crippen LogP contribution in [-0.2, 0) is 9.53 Å². The van der Waals surface area contributed by atoms with E-state index in [1.54, 1.807) is 0 Å². The summed E-state index contributed by atoms with van der Waals surface area (Å²) in [6.45, 7) is 2.49. The lowest BCUT2D eigenvalue weighted by molar-refractivity contribution is -0.138. The molecule has 0 aliphatic carbocycles. The monoisotopic (exact) mass is 203 g/mol. The number of hydrogen-bond acceptors (Lipinski definition) is 4. The first-order valence-corrected chi connectivity index (χ1v) is 3.97. The Kier molecular flexibility index (Phi) is 6.13. The van der Waals surface area contributed by atoms with Crippen molar-refractivity contribution in [2.75, 3.05) is 26.3 Å². The van der Waals surface area contributed by atoms with Crippen molar-refractivity contribution < 1.29 is 24.5 Å². The topological polar surface area (TPSA) is 87.1 Å². The third-order valence-corrected chi connectivity index (χ3v) is 1.28. The van der Waals surface area contributed by atoms with Crippen molar-refractivity contribution in [2.45, 2.75) is 0 Å². The summed E-state index contributed by atoms with van der Waals surface area (Å²) in [5, 5.41) is 17.0. The van der Waals surface area contributed by atoms with Gasteiger partial charge in [-0.2, -0.15) is 0 Å². The summed E-state index contributed by atoms with van der Waals surface area (Å²) in [6, 6.07) is 0. The van der Waals surface area contributed by atoms with Gasteiger partial charge in [0.25, 0.3) is 0 Å². The molecule has 6 nitrogen and oxygen atoms in total. The number of carbonyl (C=O) groups is 2. The van der Waals surface area contributed by atoms with Crippen LogP contribution in [0, 0.1) is 0 Å². The largest absolute Gasteiger partial charge is 0.480 e. The number of carboxylic acid groups (broad SMARTS) is 1. The summed E-state index contributed by atoms with van der Waals surface area (Å²) in [4.78, 5) is 22.3. The molecule has 0 saturated carbocycles. The van der Waals surface area contributed by atoms with Crippen LogP contribution in [0.2, 0.25) is 0 Å². The highest BCUT2D eigenvalue weighted by Crippen LogP contribution is 1.93. The first-order chi connectivity index (χ1) is 6.61. The number of carboxylic acids is 1. The second-order valence-corrected chi connectivity index (χ2v) is 2.40. The molecule has 0 heterocycles. The van der Waals surface area contributed by atoms with Crippen LogP contribution in [0.4, 0.5) is 4.79 Å². The van der Waals surface area contributed by atoms with Crippen LogP contribution in [0.5, 0.6) is 0 Å². The van der Waals surface area contributed by atoms with Crippen LogP contribution >= 0.6 is 0 Å². The normalized spacial score (nSPS) is 9.21. The van der Waals surface area contributed by atoms with Crippen molar-refractivity contribution in [1.29, 1.82) is 0 Å². The maximum atomic E-state index is 11.1. The van der Waals surface area contributed by atoms with Crippen LogP contribution in [0.1, 0.15) is 0 Å². The Labute approximate surface area is 81.4 Å². The number of aliphatic carboxylic acids is 1. The molecule has 0 bridgehead atoms. The summed E-state index contributed by atoms with van der Waals surface area (Å²) in [6.07, 6.45) is 0.594. The minimum Gasteiger partial charge on any atom is -0.480 e. The van der Waals surface area contributed by atoms with E-state index in [0.717, 1.165) is 4.90 Å². The molecule has 0 fully saturated rings. The standard InChI is InChI=1S/C8H13NO5/c1-2-5-14-8(13)9(3-4-10)6-7(11)12/h2,10H,1,3-6H2,(H,11,12). The smallest absolute Gasteiger partial charge is 0.410 e. The third-order valence-electron chi connectivity index (χ3n) is 1.28. The van der Waals surface area contributed by atoms with E-state index in [1.165, 1.54) is 6.08 Å². The Bertz CT molecular complexity index is 216. The Balaban J connectivity index is 4.09. The SMILES string of the molecule is C=CCOC(=O)N(CCO)CC(=O)O. The zero-order valence-electron chi connectivity index (χ0n) is 7.68. The molecule has 0 radical (unpaired) electrons. The average molecular weight is 203 g/mol. The highest BCUT2D eigenvalue weighted by Gasteiger charge is 2.16. The van der Waals surface area contributed by atoms with Crippen LogP contribution in [-0.4, -0.2) is 53.5 Å². The predicted octanol–water partition coefficient (Wildman–Crippen LogP) is -0.312. The molecule has 0 saturated heterocycles. The Morgan fingerprint density at radius 1 is 1.50 bits per heavy atom. The lowest BCUT2D eigenvalue weighted by Gasteiger charge is -2.18. The summed E-state index contributed by atoms with van der Waals surface area (Å²) in [7, 11) is 0. The molecule has 0 atom stereocenters. The molecule has 0 unspecified atom stereocenters. The fraction of sp³-hybridized carbons (Fsp3) is 0.500. The summed E-state index contributed by atoms with van der Waals surface area (Å²) >= 11 is 0. The molecule has 2 N–H and O–H groups in total. The predicted molar refractivity (Wildman–Crippen MR) is 47.8 cm³/mol. The van der Waals surface area contributed by atoms with Crippen LogP contribution in [0.3, 0.4) is 0 Å². The molecule has 0 aromatic heterocycles. The summed E-state index contributed by atoms with van der Waals surface area (Å²) in [5.74, 6) is -1.16. The molecule has 6 heteroatoms. The fourth-order valence-electron chi connectivity index (χ4n) is 0.740. The van der Waals surface area contributed by atoms with Gasteiger partial charge in [0.15, 0.2) is 0 Å². The molecule has 0 aromatic rings. The number of hydrogen-bond donors (Lipinski definition) is 2. The number of aliphatic hydroxyl groups excluding tert-OH is 1. The quantitative estimate of drug-likeness (QED) is 0.578. The van der Waals surface area contributed by atoms with Gasteiger partial charge in [-0.3, -0.25) is 9.69 Å². The van der Waals surface area contributed by atoms with Gasteiger partial charge in [0.05, 0.1) is 6.61 Å². The molecule has 80 valence electrons. The van der Waals surface area contributed by atoms with Gasteiger partial charge < -0.3 is 14.9 Å². The molecule has 1 amide bonds. The zero-order chi connectivity index (χ0) is 11.0. The van der Waals surface area contributed by atoms with Crippen molar-refractivity contribution in [3.63, 3.8) is 0 Å². The van der Waals surface area contributed by atoms with E-state index in [-0.39, 0.29) is 19.8 Å². The average Bonchev–Trinajstić information content (AvgIpc) is 2.13. The second-order valence-electron chi connectivity index (χ2n) is 2.40. The first-order valence-electron chi connectivity index (χ1n) is 3.97. The van der Waals surface area contributed by atoms with Crippen LogP contribution in [0.25, 0.3) is 0 Å². The van der Waals surface area contributed by atoms with Crippen LogP contribution in [0.15, 0.2) is 12.7 Å². The molecule has 0 aromatic carbocycles. The minimum absolute atomic E-state index is 0.0143. The highest BCUT2D eigenvalue weighted by molar-refractivity contribution is 5.76. The zero-order valence-corrected chi connectivity index (χ0v) is 7.68. The molecule has 0 aliphatic rings. The Morgan fingerprint density at radius 3 is 2.57 bits per heavy atom. The number of nitrogens with zero attached hydrogens (tertiary/aromatic N) is 1. The summed E-state index contributed by atoms with van der Waals surface area (Å²) in [5.41, 5.74) is 0. The molecule has 0 rings (SSSR count). The molecular formula is C8H13NO5. The van der Waals surface area contributed by atoms with E-state index in [0.29, 0.717) is 0 Å². The first kappa shape index (κ1) is 12.4. The third kappa shape index (κ3) is 5.15. The lowest BCUT2D eigenvalue weighted by Crippen LogP contribution is -2.38. The van der Waals surface area contributed by atoms with Gasteiger partial charge in [-0.05, 0) is 0 Å². The van der Waals surface area contributed by atoms with E-state index < -0.39 is 18.6 Å². The van der Waals surface area contributed by atoms with Crippen molar-refractivity contribution in [3.8, 4) is 0 Å². The van der Waals surface area contributed by atoms with Crippen LogP contribution < -0.4 is 0 Å². The fourth-order valence-corrected chi connectivity index (χ4v) is 0.740. The highest BCUT2D eigenvalue weighted by atomic mass is 16.6. The maximum Gasteiger partial charge on any atom is 0.410 e. The van der Waals surface area contributed by atoms with Crippen molar-refractivity contribution in [1.82, 2.24) is 4.90 Å². The number of ether oxygens (including phenoxy) is 1. The van der Waals surface area contributed by atoms with Gasteiger partial charge in [-0.15, -0.1) is 0 Å². The number of carbonyl (C=O) groups excluding carboxylic acids is 1. The van der Waals surface area contributed by atoms with Crippen molar-refractivity contribution in [2.24, 2.45) is 0 Å². The van der Waals surface area contributed by atoms with E-state index in [2.05, 4.69) is 11.3 Å². The lowest BCUT2D eigenvalue weighted by atomic mass is 10.5. The molecule has 0 spiro atoms. The number of amides is 1. The van der Waals surface area contributed by atoms with E-state index >= 15 is 0 Å². The van der Waals surface area contributed by atoms with Crippen molar-refractivity contribution >= 4 is 12.1 Å². The summed E-state index contributed by atoms with van der Waals surface area (Å²) < 4.78 is 4.60. The minimum atomic E-state index is -1.16. The van der Waals surface area contributed by atoms with E-state index in [9.17, 15) is 9.59 Å². The van der Waals surface area contributed by atoms with Gasteiger partial charge in [0.2, 0.25) is 0 Å². The van der Waals surface area contributed by atoms with Gasteiger partial charge in [-0.1, -0.05) is 12.7 Å². The second kappa shape index (κ2) is 6.90. The number of aliphatic hydroxyl groups is 1. The molecular weight excluding hydrogens is 190 g/mol.